The monoisotopic (exact) mass is 789 g/mol. The molecule has 1 saturated carbocycles. The number of amides is 2. The van der Waals surface area contributed by atoms with Crippen molar-refractivity contribution in [3.8, 4) is 0 Å². The number of carbonyl (C=O) groups excluding carboxylic acids is 3. The molecule has 6 rings (SSSR count). The Bertz CT molecular complexity index is 1480. The molecule has 4 fully saturated rings. The predicted octanol–water partition coefficient (Wildman–Crippen LogP) is 4.77. The Labute approximate surface area is 301 Å². The van der Waals surface area contributed by atoms with E-state index in [0.717, 1.165) is 66.1 Å². The fraction of sp³-hybridized carbons (Fsp3) is 0.595. The third-order valence-corrected chi connectivity index (χ3v) is 11.0. The van der Waals surface area contributed by atoms with E-state index < -0.39 is 47.6 Å². The van der Waals surface area contributed by atoms with Gasteiger partial charge in [-0.2, -0.15) is 5.06 Å². The minimum Gasteiger partial charge on any atom is -0.458 e. The molecule has 12 heteroatoms. The SMILES string of the molecule is CCCCCC1(CCCCC)O[C@@H]2[C@H](O1)[C@H]1ON(Cc3ccc(I)cc3)[C@H]3C(=O)O[C@@H]2C[C@@]13C(=O)NCc1cccc(C(=O)NCCO)c1. The van der Waals surface area contributed by atoms with Crippen LogP contribution in [0.2, 0.25) is 0 Å². The Balaban J connectivity index is 1.31. The van der Waals surface area contributed by atoms with Crippen LogP contribution in [0.3, 0.4) is 0 Å². The Hall–Kier alpha value is -2.62. The highest BCUT2D eigenvalue weighted by Crippen LogP contribution is 2.58. The number of ether oxygens (including phenoxy) is 3. The summed E-state index contributed by atoms with van der Waals surface area (Å²) in [7, 11) is 0. The summed E-state index contributed by atoms with van der Waals surface area (Å²) in [5.74, 6) is -1.96. The van der Waals surface area contributed by atoms with Crippen LogP contribution in [0.4, 0.5) is 0 Å². The summed E-state index contributed by atoms with van der Waals surface area (Å²) in [4.78, 5) is 47.9. The maximum absolute atomic E-state index is 14.7. The van der Waals surface area contributed by atoms with Crippen LogP contribution in [0, 0.1) is 8.99 Å². The number of hydrogen-bond acceptors (Lipinski definition) is 9. The van der Waals surface area contributed by atoms with Crippen molar-refractivity contribution >= 4 is 40.4 Å². The number of nitrogens with one attached hydrogen (secondary N) is 2. The number of rotatable bonds is 16. The van der Waals surface area contributed by atoms with Crippen LogP contribution in [-0.2, 0) is 41.7 Å². The molecule has 0 unspecified atom stereocenters. The molecule has 6 atom stereocenters. The van der Waals surface area contributed by atoms with E-state index in [9.17, 15) is 14.4 Å². The van der Waals surface area contributed by atoms with E-state index in [2.05, 4.69) is 47.1 Å². The Kier molecular flexibility index (Phi) is 11.6. The van der Waals surface area contributed by atoms with Gasteiger partial charge >= 0.3 is 5.97 Å². The molecule has 2 aromatic rings. The van der Waals surface area contributed by atoms with Crippen molar-refractivity contribution in [2.24, 2.45) is 5.41 Å². The van der Waals surface area contributed by atoms with Gasteiger partial charge in [0.05, 0.1) is 13.2 Å². The maximum Gasteiger partial charge on any atom is 0.327 e. The topological polar surface area (TPSA) is 136 Å². The van der Waals surface area contributed by atoms with E-state index in [1.54, 1.807) is 23.3 Å². The summed E-state index contributed by atoms with van der Waals surface area (Å²) in [6.45, 7) is 4.75. The number of unbranched alkanes of at least 4 members (excludes halogenated alkanes) is 4. The number of benzene rings is 2. The van der Waals surface area contributed by atoms with Gasteiger partial charge in [0.2, 0.25) is 5.91 Å². The molecule has 2 bridgehead atoms. The van der Waals surface area contributed by atoms with Gasteiger partial charge in [-0.25, -0.2) is 0 Å². The molecule has 11 nitrogen and oxygen atoms in total. The number of hydroxylamine groups is 2. The zero-order chi connectivity index (χ0) is 34.6. The van der Waals surface area contributed by atoms with Crippen LogP contribution in [0.1, 0.15) is 93.1 Å². The average Bonchev–Trinajstić information content (AvgIpc) is 3.66. The number of carbonyl (C=O) groups is 3. The third-order valence-electron chi connectivity index (χ3n) is 10.3. The lowest BCUT2D eigenvalue weighted by atomic mass is 9.62. The predicted molar refractivity (Wildman–Crippen MR) is 189 cm³/mol. The standard InChI is InChI=1S/C37H48IN3O8/c1-3-5-7-16-36(17-8-6-4-2)47-29-28-21-37(35(45)40-22-25-10-9-11-26(20-25)33(43)39-18-19-42)31(34(44)46-28)41(49-32(37)30(29)48-36)23-24-12-14-27(38)15-13-24/h9-15,20,28-32,42H,3-8,16-19,21-23H2,1-2H3,(H,39,43)(H,40,45)/t28-,29+,30+,31+,32-,37+/m1/s1. The number of aliphatic hydroxyl groups is 1. The van der Waals surface area contributed by atoms with Crippen molar-refractivity contribution in [3.05, 3.63) is 68.8 Å². The zero-order valence-electron chi connectivity index (χ0n) is 28.3. The number of fused-ring (bicyclic) bond motifs is 4. The Morgan fingerprint density at radius 3 is 2.37 bits per heavy atom. The second-order valence-corrected chi connectivity index (χ2v) is 14.9. The molecule has 0 spiro atoms. The highest BCUT2D eigenvalue weighted by atomic mass is 127. The third kappa shape index (κ3) is 7.41. The molecule has 2 amide bonds. The van der Waals surface area contributed by atoms with Gasteiger partial charge in [-0.3, -0.25) is 19.2 Å². The summed E-state index contributed by atoms with van der Waals surface area (Å²) < 4.78 is 21.0. The summed E-state index contributed by atoms with van der Waals surface area (Å²) in [5.41, 5.74) is 0.799. The Morgan fingerprint density at radius 2 is 1.67 bits per heavy atom. The summed E-state index contributed by atoms with van der Waals surface area (Å²) in [6, 6.07) is 14.0. The van der Waals surface area contributed by atoms with Crippen LogP contribution in [0.5, 0.6) is 0 Å². The van der Waals surface area contributed by atoms with Gasteiger partial charge in [-0.1, -0.05) is 63.8 Å². The van der Waals surface area contributed by atoms with Crippen molar-refractivity contribution in [2.75, 3.05) is 13.2 Å². The van der Waals surface area contributed by atoms with Crippen LogP contribution >= 0.6 is 22.6 Å². The number of esters is 1. The molecule has 2 aromatic carbocycles. The number of hydrogen-bond donors (Lipinski definition) is 3. The summed E-state index contributed by atoms with van der Waals surface area (Å²) in [6.07, 6.45) is 5.25. The minimum atomic E-state index is -1.28. The van der Waals surface area contributed by atoms with E-state index in [1.807, 2.05) is 30.3 Å². The molecule has 4 aliphatic rings. The lowest BCUT2D eigenvalue weighted by Crippen LogP contribution is -2.69. The fourth-order valence-corrected chi connectivity index (χ4v) is 8.27. The Morgan fingerprint density at radius 1 is 0.959 bits per heavy atom. The smallest absolute Gasteiger partial charge is 0.327 e. The van der Waals surface area contributed by atoms with Crippen LogP contribution in [0.25, 0.3) is 0 Å². The lowest BCUT2D eigenvalue weighted by molar-refractivity contribution is -0.224. The molecule has 3 N–H and O–H groups in total. The first-order chi connectivity index (χ1) is 23.7. The molecule has 3 saturated heterocycles. The number of aliphatic hydroxyl groups excluding tert-OH is 1. The second-order valence-electron chi connectivity index (χ2n) is 13.7. The van der Waals surface area contributed by atoms with E-state index in [-0.39, 0.29) is 44.5 Å². The molecule has 3 heterocycles. The van der Waals surface area contributed by atoms with Gasteiger partial charge in [-0.15, -0.1) is 0 Å². The lowest BCUT2D eigenvalue weighted by Gasteiger charge is -2.48. The molecule has 1 aliphatic carbocycles. The fourth-order valence-electron chi connectivity index (χ4n) is 7.91. The molecule has 266 valence electrons. The largest absolute Gasteiger partial charge is 0.458 e. The maximum atomic E-state index is 14.7. The van der Waals surface area contributed by atoms with E-state index in [1.165, 1.54) is 0 Å². The van der Waals surface area contributed by atoms with Gasteiger partial charge < -0.3 is 30.0 Å². The molecular formula is C37H48IN3O8. The molecule has 3 aliphatic heterocycles. The first kappa shape index (κ1) is 36.2. The normalized spacial score (nSPS) is 28.2. The molecule has 49 heavy (non-hydrogen) atoms. The first-order valence-electron chi connectivity index (χ1n) is 17.7. The summed E-state index contributed by atoms with van der Waals surface area (Å²) >= 11 is 2.25. The van der Waals surface area contributed by atoms with Crippen molar-refractivity contribution in [1.29, 1.82) is 0 Å². The van der Waals surface area contributed by atoms with Gasteiger partial charge in [0.15, 0.2) is 11.8 Å². The average molecular weight is 790 g/mol. The van der Waals surface area contributed by atoms with Crippen molar-refractivity contribution in [1.82, 2.24) is 15.7 Å². The van der Waals surface area contributed by atoms with E-state index in [4.69, 9.17) is 24.2 Å². The highest BCUT2D eigenvalue weighted by molar-refractivity contribution is 14.1. The molecule has 0 aromatic heterocycles. The van der Waals surface area contributed by atoms with Crippen LogP contribution < -0.4 is 10.6 Å². The van der Waals surface area contributed by atoms with Crippen molar-refractivity contribution in [2.45, 2.75) is 121 Å². The van der Waals surface area contributed by atoms with Gasteiger partial charge in [-0.05, 0) is 70.8 Å². The number of halogens is 1. The van der Waals surface area contributed by atoms with Crippen molar-refractivity contribution < 1.29 is 38.5 Å². The second kappa shape index (κ2) is 15.7. The first-order valence-corrected chi connectivity index (χ1v) is 18.8. The quantitative estimate of drug-likeness (QED) is 0.125. The summed E-state index contributed by atoms with van der Waals surface area (Å²) in [5, 5.41) is 16.5. The van der Waals surface area contributed by atoms with Gasteiger partial charge in [0.25, 0.3) is 5.91 Å². The van der Waals surface area contributed by atoms with Gasteiger partial charge in [0, 0.05) is 41.5 Å². The zero-order valence-corrected chi connectivity index (χ0v) is 30.5. The van der Waals surface area contributed by atoms with Gasteiger partial charge in [0.1, 0.15) is 29.8 Å². The van der Waals surface area contributed by atoms with Crippen LogP contribution in [0.15, 0.2) is 48.5 Å². The number of nitrogens with zero attached hydrogens (tertiary/aromatic N) is 1. The molecular weight excluding hydrogens is 741 g/mol. The van der Waals surface area contributed by atoms with E-state index in [0.29, 0.717) is 5.56 Å². The molecule has 0 radical (unpaired) electrons. The minimum absolute atomic E-state index is 0.140. The van der Waals surface area contributed by atoms with E-state index >= 15 is 0 Å². The van der Waals surface area contributed by atoms with Crippen molar-refractivity contribution in [3.63, 3.8) is 0 Å². The highest BCUT2D eigenvalue weighted by Gasteiger charge is 2.76. The van der Waals surface area contributed by atoms with Crippen LogP contribution in [-0.4, -0.2) is 77.3 Å².